The second-order valence-corrected chi connectivity index (χ2v) is 7.56. The van der Waals surface area contributed by atoms with Gasteiger partial charge in [0.2, 0.25) is 0 Å². The van der Waals surface area contributed by atoms with Gasteiger partial charge in [0.25, 0.3) is 5.69 Å². The van der Waals surface area contributed by atoms with Crippen LogP contribution in [0.15, 0.2) is 42.5 Å². The zero-order valence-electron chi connectivity index (χ0n) is 12.9. The van der Waals surface area contributed by atoms with Crippen LogP contribution >= 0.6 is 0 Å². The van der Waals surface area contributed by atoms with Crippen molar-refractivity contribution in [1.82, 2.24) is 0 Å². The van der Waals surface area contributed by atoms with Crippen LogP contribution in [0.3, 0.4) is 0 Å². The molecule has 0 saturated carbocycles. The Bertz CT molecular complexity index is 900. The Labute approximate surface area is 139 Å². The summed E-state index contributed by atoms with van der Waals surface area (Å²) in [6.07, 6.45) is 1.60. The molecule has 2 aromatic rings. The summed E-state index contributed by atoms with van der Waals surface area (Å²) in [6, 6.07) is 13.0. The first-order valence-corrected chi connectivity index (χ1v) is 9.07. The first-order chi connectivity index (χ1) is 11.3. The maximum Gasteiger partial charge on any atom is 0.293 e. The van der Waals surface area contributed by atoms with Crippen LogP contribution in [0.5, 0.6) is 0 Å². The highest BCUT2D eigenvalue weighted by Crippen LogP contribution is 2.28. The molecule has 2 rings (SSSR count). The number of hydrogen-bond acceptors (Lipinski definition) is 6. The molecule has 7 nitrogen and oxygen atoms in total. The number of nitro groups is 1. The molecule has 8 heteroatoms. The average Bonchev–Trinajstić information content (AvgIpc) is 2.53. The van der Waals surface area contributed by atoms with Gasteiger partial charge in [-0.3, -0.25) is 10.1 Å². The summed E-state index contributed by atoms with van der Waals surface area (Å²) < 4.78 is 22.3. The van der Waals surface area contributed by atoms with E-state index in [4.69, 9.17) is 5.26 Å². The zero-order chi connectivity index (χ0) is 17.7. The molecule has 0 unspecified atom stereocenters. The molecule has 0 aliphatic carbocycles. The fourth-order valence-electron chi connectivity index (χ4n) is 2.07. The normalized spacial score (nSPS) is 10.8. The molecule has 24 heavy (non-hydrogen) atoms. The van der Waals surface area contributed by atoms with E-state index in [2.05, 4.69) is 5.32 Å². The van der Waals surface area contributed by atoms with Crippen LogP contribution in [0.25, 0.3) is 0 Å². The van der Waals surface area contributed by atoms with Crippen molar-refractivity contribution in [3.63, 3.8) is 0 Å². The molecule has 0 aliphatic heterocycles. The number of nitrogens with zero attached hydrogens (tertiary/aromatic N) is 2. The summed E-state index contributed by atoms with van der Waals surface area (Å²) in [6.45, 7) is 0. The lowest BCUT2D eigenvalue weighted by molar-refractivity contribution is -0.383. The summed E-state index contributed by atoms with van der Waals surface area (Å²) in [5, 5.41) is 22.9. The van der Waals surface area contributed by atoms with E-state index in [1.807, 2.05) is 6.07 Å². The first kappa shape index (κ1) is 17.4. The topological polar surface area (TPSA) is 113 Å². The van der Waals surface area contributed by atoms with Gasteiger partial charge in [-0.15, -0.1) is 0 Å². The number of nitro benzene ring substituents is 1. The molecule has 0 spiro atoms. The number of benzene rings is 2. The summed E-state index contributed by atoms with van der Waals surface area (Å²) in [5.74, 6) is 0.0703. The van der Waals surface area contributed by atoms with Crippen molar-refractivity contribution in [2.75, 3.05) is 17.3 Å². The van der Waals surface area contributed by atoms with E-state index < -0.39 is 14.8 Å². The van der Waals surface area contributed by atoms with Crippen molar-refractivity contribution >= 4 is 26.9 Å². The van der Waals surface area contributed by atoms with Crippen LogP contribution in [0.1, 0.15) is 11.1 Å². The second kappa shape index (κ2) is 7.10. The standard InChI is InChI=1S/C16H15N3O4S/c1-24(22,23)9-8-12-2-5-14(6-3-12)18-15-7-4-13(11-17)10-16(15)19(20)21/h2-7,10,18H,8-9H2,1H3. The molecule has 0 fully saturated rings. The lowest BCUT2D eigenvalue weighted by Crippen LogP contribution is -2.05. The number of nitriles is 1. The van der Waals surface area contributed by atoms with Gasteiger partial charge < -0.3 is 5.32 Å². The predicted octanol–water partition coefficient (Wildman–Crippen LogP) is 2.80. The Morgan fingerprint density at radius 1 is 1.21 bits per heavy atom. The molecule has 0 bridgehead atoms. The maximum absolute atomic E-state index is 11.2. The van der Waals surface area contributed by atoms with Crippen LogP contribution in [0.2, 0.25) is 0 Å². The number of aryl methyl sites for hydroxylation is 1. The lowest BCUT2D eigenvalue weighted by atomic mass is 10.1. The largest absolute Gasteiger partial charge is 0.350 e. The number of rotatable bonds is 6. The van der Waals surface area contributed by atoms with Gasteiger partial charge in [-0.2, -0.15) is 5.26 Å². The monoisotopic (exact) mass is 345 g/mol. The summed E-state index contributed by atoms with van der Waals surface area (Å²) in [7, 11) is -3.02. The van der Waals surface area contributed by atoms with Crippen molar-refractivity contribution in [3.8, 4) is 6.07 Å². The van der Waals surface area contributed by atoms with Crippen LogP contribution in [0.4, 0.5) is 17.1 Å². The highest BCUT2D eigenvalue weighted by atomic mass is 32.2. The molecule has 0 aromatic heterocycles. The summed E-state index contributed by atoms with van der Waals surface area (Å²) in [5.41, 5.74) is 1.80. The minimum atomic E-state index is -3.02. The third-order valence-electron chi connectivity index (χ3n) is 3.32. The number of nitrogens with one attached hydrogen (secondary N) is 1. The van der Waals surface area contributed by atoms with Gasteiger partial charge in [0.05, 0.1) is 22.3 Å². The van der Waals surface area contributed by atoms with E-state index in [-0.39, 0.29) is 22.7 Å². The SMILES string of the molecule is CS(=O)(=O)CCc1ccc(Nc2ccc(C#N)cc2[N+](=O)[O-])cc1. The fraction of sp³-hybridized carbons (Fsp3) is 0.188. The van der Waals surface area contributed by atoms with Gasteiger partial charge in [-0.25, -0.2) is 8.42 Å². The van der Waals surface area contributed by atoms with E-state index in [1.165, 1.54) is 24.5 Å². The zero-order valence-corrected chi connectivity index (χ0v) is 13.7. The minimum Gasteiger partial charge on any atom is -0.350 e. The highest BCUT2D eigenvalue weighted by Gasteiger charge is 2.15. The first-order valence-electron chi connectivity index (χ1n) is 7.01. The van der Waals surface area contributed by atoms with Gasteiger partial charge in [0, 0.05) is 18.0 Å². The molecular formula is C16H15N3O4S. The Morgan fingerprint density at radius 3 is 2.42 bits per heavy atom. The molecule has 124 valence electrons. The van der Waals surface area contributed by atoms with E-state index in [1.54, 1.807) is 24.3 Å². The van der Waals surface area contributed by atoms with Crippen molar-refractivity contribution in [2.24, 2.45) is 0 Å². The van der Waals surface area contributed by atoms with Crippen molar-refractivity contribution < 1.29 is 13.3 Å². The number of sulfone groups is 1. The van der Waals surface area contributed by atoms with Gasteiger partial charge in [0.1, 0.15) is 15.5 Å². The van der Waals surface area contributed by atoms with Gasteiger partial charge >= 0.3 is 0 Å². The lowest BCUT2D eigenvalue weighted by Gasteiger charge is -2.08. The third-order valence-corrected chi connectivity index (χ3v) is 4.26. The molecule has 0 radical (unpaired) electrons. The smallest absolute Gasteiger partial charge is 0.293 e. The molecule has 0 amide bonds. The number of hydrogen-bond donors (Lipinski definition) is 1. The van der Waals surface area contributed by atoms with E-state index in [0.29, 0.717) is 12.1 Å². The molecule has 0 aliphatic rings. The summed E-state index contributed by atoms with van der Waals surface area (Å²) >= 11 is 0. The Hall–Kier alpha value is -2.92. The molecule has 0 atom stereocenters. The maximum atomic E-state index is 11.2. The van der Waals surface area contributed by atoms with E-state index in [0.717, 1.165) is 5.56 Å². The Morgan fingerprint density at radius 2 is 1.88 bits per heavy atom. The van der Waals surface area contributed by atoms with Crippen molar-refractivity contribution in [3.05, 3.63) is 63.7 Å². The Kier molecular flexibility index (Phi) is 5.16. The van der Waals surface area contributed by atoms with Gasteiger partial charge in [-0.05, 0) is 36.2 Å². The molecule has 1 N–H and O–H groups in total. The fourth-order valence-corrected chi connectivity index (χ4v) is 2.68. The third kappa shape index (κ3) is 4.79. The van der Waals surface area contributed by atoms with Crippen LogP contribution in [0, 0.1) is 21.4 Å². The highest BCUT2D eigenvalue weighted by molar-refractivity contribution is 7.90. The molecule has 0 heterocycles. The Balaban J connectivity index is 2.17. The van der Waals surface area contributed by atoms with Crippen LogP contribution in [-0.2, 0) is 16.3 Å². The van der Waals surface area contributed by atoms with Crippen molar-refractivity contribution in [1.29, 1.82) is 5.26 Å². The second-order valence-electron chi connectivity index (χ2n) is 5.30. The van der Waals surface area contributed by atoms with Gasteiger partial charge in [0.15, 0.2) is 0 Å². The molecule has 0 saturated heterocycles. The molecule has 2 aromatic carbocycles. The quantitative estimate of drug-likeness (QED) is 0.636. The molecular weight excluding hydrogens is 330 g/mol. The average molecular weight is 345 g/mol. The van der Waals surface area contributed by atoms with E-state index >= 15 is 0 Å². The summed E-state index contributed by atoms with van der Waals surface area (Å²) in [4.78, 5) is 10.6. The minimum absolute atomic E-state index is 0.0703. The van der Waals surface area contributed by atoms with Crippen LogP contribution in [-0.4, -0.2) is 25.3 Å². The van der Waals surface area contributed by atoms with Gasteiger partial charge in [-0.1, -0.05) is 12.1 Å². The van der Waals surface area contributed by atoms with Crippen LogP contribution < -0.4 is 5.32 Å². The predicted molar refractivity (Wildman–Crippen MR) is 91.0 cm³/mol. The van der Waals surface area contributed by atoms with Crippen molar-refractivity contribution in [2.45, 2.75) is 6.42 Å². The number of anilines is 2. The van der Waals surface area contributed by atoms with E-state index in [9.17, 15) is 18.5 Å².